The number of aromatic amines is 1. The van der Waals surface area contributed by atoms with E-state index in [1.165, 1.54) is 12.1 Å². The number of ether oxygens (including phenoxy) is 1. The molecule has 1 aromatic heterocycles. The van der Waals surface area contributed by atoms with E-state index in [2.05, 4.69) is 4.98 Å². The second-order valence-corrected chi connectivity index (χ2v) is 4.11. The van der Waals surface area contributed by atoms with Gasteiger partial charge >= 0.3 is 5.76 Å². The molecule has 102 valence electrons. The summed E-state index contributed by atoms with van der Waals surface area (Å²) in [4.78, 5) is 13.5. The van der Waals surface area contributed by atoms with Crippen molar-refractivity contribution in [2.24, 2.45) is 0 Å². The fourth-order valence-corrected chi connectivity index (χ4v) is 1.80. The standard InChI is InChI=1S/C13H8F2N2O3/c14-6-1-7(15)3-8(2-6)19-11-5-10-12(4-9(11)16)20-13(18)17-10/h1-5H,16H2,(H,17,18). The lowest BCUT2D eigenvalue weighted by Gasteiger charge is -2.08. The number of rotatable bonds is 2. The third kappa shape index (κ3) is 2.20. The molecule has 0 fully saturated rings. The van der Waals surface area contributed by atoms with Gasteiger partial charge in [-0.3, -0.25) is 4.98 Å². The van der Waals surface area contributed by atoms with Crippen molar-refractivity contribution in [1.29, 1.82) is 0 Å². The highest BCUT2D eigenvalue weighted by atomic mass is 19.1. The van der Waals surface area contributed by atoms with E-state index in [0.29, 0.717) is 5.52 Å². The minimum atomic E-state index is -0.767. The first-order chi connectivity index (χ1) is 9.51. The maximum atomic E-state index is 13.1. The van der Waals surface area contributed by atoms with Crippen LogP contribution in [0.25, 0.3) is 11.1 Å². The number of H-pyrrole nitrogens is 1. The first kappa shape index (κ1) is 12.2. The highest BCUT2D eigenvalue weighted by Crippen LogP contribution is 2.31. The molecule has 20 heavy (non-hydrogen) atoms. The number of hydrogen-bond donors (Lipinski definition) is 2. The maximum absolute atomic E-state index is 13.1. The number of benzene rings is 2. The Morgan fingerprint density at radius 1 is 1.10 bits per heavy atom. The topological polar surface area (TPSA) is 81.2 Å². The van der Waals surface area contributed by atoms with Crippen LogP contribution in [-0.4, -0.2) is 4.98 Å². The second-order valence-electron chi connectivity index (χ2n) is 4.11. The predicted octanol–water partition coefficient (Wildman–Crippen LogP) is 2.77. The summed E-state index contributed by atoms with van der Waals surface area (Å²) in [6, 6.07) is 5.57. The van der Waals surface area contributed by atoms with Crippen molar-refractivity contribution in [1.82, 2.24) is 4.98 Å². The Bertz CT molecular complexity index is 834. The molecule has 3 aromatic rings. The Morgan fingerprint density at radius 2 is 1.80 bits per heavy atom. The molecular weight excluding hydrogens is 270 g/mol. The van der Waals surface area contributed by atoms with Crippen LogP contribution >= 0.6 is 0 Å². The molecule has 7 heteroatoms. The third-order valence-corrected chi connectivity index (χ3v) is 2.62. The van der Waals surface area contributed by atoms with E-state index in [-0.39, 0.29) is 22.8 Å². The summed E-state index contributed by atoms with van der Waals surface area (Å²) in [6.07, 6.45) is 0. The average molecular weight is 278 g/mol. The SMILES string of the molecule is Nc1cc2oc(=O)[nH]c2cc1Oc1cc(F)cc(F)c1. The van der Waals surface area contributed by atoms with Gasteiger partial charge in [0.15, 0.2) is 11.3 Å². The van der Waals surface area contributed by atoms with Gasteiger partial charge in [0.2, 0.25) is 0 Å². The lowest BCUT2D eigenvalue weighted by Crippen LogP contribution is -1.94. The van der Waals surface area contributed by atoms with Crippen molar-refractivity contribution in [3.63, 3.8) is 0 Å². The van der Waals surface area contributed by atoms with Gasteiger partial charge < -0.3 is 14.9 Å². The number of aromatic nitrogens is 1. The number of oxazole rings is 1. The fourth-order valence-electron chi connectivity index (χ4n) is 1.80. The van der Waals surface area contributed by atoms with E-state index in [4.69, 9.17) is 14.9 Å². The summed E-state index contributed by atoms with van der Waals surface area (Å²) in [7, 11) is 0. The van der Waals surface area contributed by atoms with E-state index in [9.17, 15) is 13.6 Å². The Balaban J connectivity index is 2.05. The Labute approximate surface area is 110 Å². The van der Waals surface area contributed by atoms with Crippen LogP contribution in [0, 0.1) is 11.6 Å². The quantitative estimate of drug-likeness (QED) is 0.706. The van der Waals surface area contributed by atoms with Gasteiger partial charge in [-0.2, -0.15) is 0 Å². The molecule has 3 rings (SSSR count). The summed E-state index contributed by atoms with van der Waals surface area (Å²) < 4.78 is 36.3. The lowest BCUT2D eigenvalue weighted by molar-refractivity contribution is 0.470. The van der Waals surface area contributed by atoms with E-state index in [0.717, 1.165) is 18.2 Å². The summed E-state index contributed by atoms with van der Waals surface area (Å²) in [5.74, 6) is -2.06. The average Bonchev–Trinajstić information content (AvgIpc) is 2.67. The highest BCUT2D eigenvalue weighted by molar-refractivity contribution is 5.80. The minimum Gasteiger partial charge on any atom is -0.455 e. The van der Waals surface area contributed by atoms with Crippen LogP contribution in [0.3, 0.4) is 0 Å². The van der Waals surface area contributed by atoms with Gasteiger partial charge in [0, 0.05) is 30.3 Å². The number of hydrogen-bond acceptors (Lipinski definition) is 4. The predicted molar refractivity (Wildman–Crippen MR) is 67.7 cm³/mol. The van der Waals surface area contributed by atoms with Gasteiger partial charge in [0.1, 0.15) is 17.4 Å². The summed E-state index contributed by atoms with van der Waals surface area (Å²) in [5.41, 5.74) is 6.54. The number of nitrogen functional groups attached to an aromatic ring is 1. The first-order valence-electron chi connectivity index (χ1n) is 5.57. The number of anilines is 1. The molecule has 0 atom stereocenters. The van der Waals surface area contributed by atoms with Crippen molar-refractivity contribution in [3.8, 4) is 11.5 Å². The summed E-state index contributed by atoms with van der Waals surface area (Å²) >= 11 is 0. The monoisotopic (exact) mass is 278 g/mol. The zero-order valence-corrected chi connectivity index (χ0v) is 9.94. The van der Waals surface area contributed by atoms with Crippen LogP contribution in [0.5, 0.6) is 11.5 Å². The fraction of sp³-hybridized carbons (Fsp3) is 0. The molecule has 0 radical (unpaired) electrons. The molecule has 2 aromatic carbocycles. The van der Waals surface area contributed by atoms with Gasteiger partial charge in [0.25, 0.3) is 0 Å². The Hall–Kier alpha value is -2.83. The molecule has 0 unspecified atom stereocenters. The van der Waals surface area contributed by atoms with Crippen LogP contribution in [0.4, 0.5) is 14.5 Å². The summed E-state index contributed by atoms with van der Waals surface area (Å²) in [6.45, 7) is 0. The molecule has 0 amide bonds. The molecular formula is C13H8F2N2O3. The largest absolute Gasteiger partial charge is 0.455 e. The molecule has 0 bridgehead atoms. The number of nitrogens with two attached hydrogens (primary N) is 1. The molecule has 3 N–H and O–H groups in total. The minimum absolute atomic E-state index is 0.0422. The molecule has 5 nitrogen and oxygen atoms in total. The van der Waals surface area contributed by atoms with Crippen LogP contribution in [0.15, 0.2) is 39.5 Å². The van der Waals surface area contributed by atoms with Crippen molar-refractivity contribution in [2.45, 2.75) is 0 Å². The number of fused-ring (bicyclic) bond motifs is 1. The highest BCUT2D eigenvalue weighted by Gasteiger charge is 2.10. The van der Waals surface area contributed by atoms with Crippen molar-refractivity contribution >= 4 is 16.8 Å². The zero-order chi connectivity index (χ0) is 14.3. The Kier molecular flexibility index (Phi) is 2.67. The van der Waals surface area contributed by atoms with Crippen molar-refractivity contribution in [2.75, 3.05) is 5.73 Å². The molecule has 0 saturated heterocycles. The maximum Gasteiger partial charge on any atom is 0.417 e. The van der Waals surface area contributed by atoms with E-state index < -0.39 is 17.4 Å². The van der Waals surface area contributed by atoms with Crippen LogP contribution in [0.1, 0.15) is 0 Å². The second kappa shape index (κ2) is 4.37. The number of halogens is 2. The number of nitrogens with one attached hydrogen (secondary N) is 1. The third-order valence-electron chi connectivity index (χ3n) is 2.62. The van der Waals surface area contributed by atoms with Gasteiger partial charge in [-0.1, -0.05) is 0 Å². The van der Waals surface area contributed by atoms with Gasteiger partial charge in [-0.15, -0.1) is 0 Å². The van der Waals surface area contributed by atoms with Crippen molar-refractivity contribution in [3.05, 3.63) is 52.5 Å². The van der Waals surface area contributed by atoms with Crippen LogP contribution < -0.4 is 16.2 Å². The molecule has 0 aliphatic heterocycles. The molecule has 0 aliphatic rings. The van der Waals surface area contributed by atoms with Crippen LogP contribution in [0.2, 0.25) is 0 Å². The van der Waals surface area contributed by atoms with Gasteiger partial charge in [-0.05, 0) is 0 Å². The van der Waals surface area contributed by atoms with Gasteiger partial charge in [-0.25, -0.2) is 13.6 Å². The molecule has 0 spiro atoms. The summed E-state index contributed by atoms with van der Waals surface area (Å²) in [5, 5.41) is 0. The lowest BCUT2D eigenvalue weighted by atomic mass is 10.2. The van der Waals surface area contributed by atoms with Crippen molar-refractivity contribution < 1.29 is 17.9 Å². The van der Waals surface area contributed by atoms with Gasteiger partial charge in [0.05, 0.1) is 11.2 Å². The normalized spacial score (nSPS) is 10.9. The molecule has 0 saturated carbocycles. The molecule has 1 heterocycles. The smallest absolute Gasteiger partial charge is 0.417 e. The van der Waals surface area contributed by atoms with E-state index in [1.54, 1.807) is 0 Å². The molecule has 0 aliphatic carbocycles. The zero-order valence-electron chi connectivity index (χ0n) is 9.94. The first-order valence-corrected chi connectivity index (χ1v) is 5.57. The van der Waals surface area contributed by atoms with E-state index in [1.807, 2.05) is 0 Å². The van der Waals surface area contributed by atoms with Crippen LogP contribution in [-0.2, 0) is 0 Å². The van der Waals surface area contributed by atoms with E-state index >= 15 is 0 Å². The Morgan fingerprint density at radius 3 is 2.50 bits per heavy atom.